The van der Waals surface area contributed by atoms with Crippen LogP contribution >= 0.6 is 11.6 Å². The maximum atomic E-state index is 12.3. The molecule has 2 N–H and O–H groups in total. The van der Waals surface area contributed by atoms with Crippen molar-refractivity contribution in [2.75, 3.05) is 5.88 Å². The van der Waals surface area contributed by atoms with Gasteiger partial charge < -0.3 is 5.32 Å². The third-order valence-electron chi connectivity index (χ3n) is 3.38. The largest absolute Gasteiger partial charge is 0.344 e. The monoisotopic (exact) mass is 309 g/mol. The first kappa shape index (κ1) is 15.3. The van der Waals surface area contributed by atoms with Gasteiger partial charge in [-0.1, -0.05) is 30.3 Å². The van der Waals surface area contributed by atoms with Crippen molar-refractivity contribution in [3.05, 3.63) is 35.9 Å². The Hall–Kier alpha value is -2.08. The second kappa shape index (κ2) is 6.13. The predicted molar refractivity (Wildman–Crippen MR) is 77.4 cm³/mol. The highest BCUT2D eigenvalue weighted by atomic mass is 35.5. The molecule has 0 aromatic heterocycles. The maximum Gasteiger partial charge on any atom is 0.344 e. The molecule has 1 aliphatic heterocycles. The minimum atomic E-state index is -1.04. The van der Waals surface area contributed by atoms with Crippen LogP contribution in [0.1, 0.15) is 18.9 Å². The average Bonchev–Trinajstić information content (AvgIpc) is 2.70. The lowest BCUT2D eigenvalue weighted by Crippen LogP contribution is -2.49. The minimum Gasteiger partial charge on any atom is -0.322 e. The first-order chi connectivity index (χ1) is 9.96. The topological polar surface area (TPSA) is 78.5 Å². The average molecular weight is 310 g/mol. The molecule has 1 fully saturated rings. The quantitative estimate of drug-likeness (QED) is 0.633. The van der Waals surface area contributed by atoms with Gasteiger partial charge in [0.1, 0.15) is 11.4 Å². The fraction of sp³-hybridized carbons (Fsp3) is 0.357. The fourth-order valence-corrected chi connectivity index (χ4v) is 2.21. The van der Waals surface area contributed by atoms with E-state index in [4.69, 9.17) is 11.6 Å². The number of hydrogen-bond donors (Lipinski definition) is 2. The molecule has 112 valence electrons. The predicted octanol–water partition coefficient (Wildman–Crippen LogP) is 1.20. The molecule has 1 atom stereocenters. The summed E-state index contributed by atoms with van der Waals surface area (Å²) in [5.74, 6) is -1.41. The summed E-state index contributed by atoms with van der Waals surface area (Å²) < 4.78 is 0. The molecule has 7 heteroatoms. The summed E-state index contributed by atoms with van der Waals surface area (Å²) in [4.78, 5) is 35.3. The molecule has 21 heavy (non-hydrogen) atoms. The summed E-state index contributed by atoms with van der Waals surface area (Å²) in [5.41, 5.74) is 2.22. The van der Waals surface area contributed by atoms with Crippen LogP contribution < -0.4 is 10.7 Å². The maximum absolute atomic E-state index is 12.3. The molecule has 0 unspecified atom stereocenters. The molecule has 0 spiro atoms. The summed E-state index contributed by atoms with van der Waals surface area (Å²) >= 11 is 5.36. The molecule has 0 radical (unpaired) electrons. The van der Waals surface area contributed by atoms with E-state index in [0.29, 0.717) is 17.9 Å². The smallest absolute Gasteiger partial charge is 0.322 e. The van der Waals surface area contributed by atoms with Crippen molar-refractivity contribution < 1.29 is 14.4 Å². The summed E-state index contributed by atoms with van der Waals surface area (Å²) in [7, 11) is 0. The van der Waals surface area contributed by atoms with Gasteiger partial charge in [0, 0.05) is 0 Å². The zero-order valence-corrected chi connectivity index (χ0v) is 12.3. The molecular weight excluding hydrogens is 294 g/mol. The van der Waals surface area contributed by atoms with Crippen LogP contribution in [-0.4, -0.2) is 34.3 Å². The molecule has 6 nitrogen and oxygen atoms in total. The molecule has 1 heterocycles. The number of nitrogens with zero attached hydrogens (tertiary/aromatic N) is 1. The van der Waals surface area contributed by atoms with Gasteiger partial charge in [0.25, 0.3) is 11.8 Å². The molecular formula is C14H16ClN3O3. The Morgan fingerprint density at radius 1 is 1.33 bits per heavy atom. The van der Waals surface area contributed by atoms with Crippen molar-refractivity contribution in [3.63, 3.8) is 0 Å². The minimum absolute atomic E-state index is 0.322. The van der Waals surface area contributed by atoms with Crippen LogP contribution in [0.2, 0.25) is 0 Å². The van der Waals surface area contributed by atoms with Gasteiger partial charge in [0.05, 0.1) is 0 Å². The molecule has 4 amide bonds. The van der Waals surface area contributed by atoms with Crippen molar-refractivity contribution in [1.82, 2.24) is 15.8 Å². The number of rotatable bonds is 5. The zero-order chi connectivity index (χ0) is 15.5. The van der Waals surface area contributed by atoms with E-state index in [-0.39, 0.29) is 5.88 Å². The van der Waals surface area contributed by atoms with E-state index in [1.165, 1.54) is 0 Å². The van der Waals surface area contributed by atoms with Crippen LogP contribution in [0.25, 0.3) is 0 Å². The van der Waals surface area contributed by atoms with E-state index in [9.17, 15) is 14.4 Å². The summed E-state index contributed by atoms with van der Waals surface area (Å²) in [6.07, 6.45) is 1.08. The number of aryl methyl sites for hydroxylation is 1. The molecule has 1 saturated heterocycles. The second-order valence-corrected chi connectivity index (χ2v) is 5.32. The van der Waals surface area contributed by atoms with Crippen LogP contribution in [-0.2, 0) is 16.0 Å². The number of carbonyl (C=O) groups is 3. The first-order valence-corrected chi connectivity index (χ1v) is 7.06. The number of hydrogen-bond acceptors (Lipinski definition) is 3. The Morgan fingerprint density at radius 3 is 2.62 bits per heavy atom. The highest BCUT2D eigenvalue weighted by Crippen LogP contribution is 2.22. The molecule has 0 aliphatic carbocycles. The lowest BCUT2D eigenvalue weighted by molar-refractivity contribution is -0.138. The molecule has 1 aromatic rings. The van der Waals surface area contributed by atoms with Gasteiger partial charge in [-0.15, -0.1) is 11.6 Å². The van der Waals surface area contributed by atoms with Crippen LogP contribution in [0.4, 0.5) is 4.79 Å². The van der Waals surface area contributed by atoms with Crippen molar-refractivity contribution in [2.24, 2.45) is 0 Å². The Balaban J connectivity index is 2.04. The van der Waals surface area contributed by atoms with E-state index in [2.05, 4.69) is 10.7 Å². The highest BCUT2D eigenvalue weighted by Gasteiger charge is 2.48. The number of urea groups is 1. The standard InChI is InChI=1S/C14H16ClN3O3/c1-14(8-7-10-5-3-2-4-6-10)12(20)18(13(21)16-14)17-11(19)9-15/h2-6H,7-9H2,1H3,(H,16,21)(H,17,19)/t14-/m1/s1. The number of benzene rings is 1. The zero-order valence-electron chi connectivity index (χ0n) is 11.6. The van der Waals surface area contributed by atoms with E-state index >= 15 is 0 Å². The molecule has 1 aromatic carbocycles. The van der Waals surface area contributed by atoms with Crippen LogP contribution in [0.5, 0.6) is 0 Å². The van der Waals surface area contributed by atoms with Crippen LogP contribution in [0.15, 0.2) is 30.3 Å². The van der Waals surface area contributed by atoms with E-state index in [1.807, 2.05) is 30.3 Å². The summed E-state index contributed by atoms with van der Waals surface area (Å²) in [6.45, 7) is 1.64. The fourth-order valence-electron chi connectivity index (χ4n) is 2.15. The molecule has 0 saturated carbocycles. The van der Waals surface area contributed by atoms with Gasteiger partial charge in [-0.05, 0) is 25.3 Å². The second-order valence-electron chi connectivity index (χ2n) is 5.06. The van der Waals surface area contributed by atoms with Crippen molar-refractivity contribution in [3.8, 4) is 0 Å². The lowest BCUT2D eigenvalue weighted by atomic mass is 9.93. The van der Waals surface area contributed by atoms with E-state index < -0.39 is 23.4 Å². The number of amides is 4. The number of nitrogens with one attached hydrogen (secondary N) is 2. The number of halogens is 1. The van der Waals surface area contributed by atoms with E-state index in [0.717, 1.165) is 5.56 Å². The third kappa shape index (κ3) is 3.33. The molecule has 1 aliphatic rings. The van der Waals surface area contributed by atoms with Gasteiger partial charge in [-0.2, -0.15) is 5.01 Å². The number of alkyl halides is 1. The van der Waals surface area contributed by atoms with Gasteiger partial charge in [0.15, 0.2) is 0 Å². The Kier molecular flexibility index (Phi) is 4.47. The van der Waals surface area contributed by atoms with Crippen LogP contribution in [0.3, 0.4) is 0 Å². The number of carbonyl (C=O) groups excluding carboxylic acids is 3. The van der Waals surface area contributed by atoms with Crippen molar-refractivity contribution in [2.45, 2.75) is 25.3 Å². The summed E-state index contributed by atoms with van der Waals surface area (Å²) in [6, 6.07) is 9.01. The Morgan fingerprint density at radius 2 is 2.00 bits per heavy atom. The van der Waals surface area contributed by atoms with Gasteiger partial charge in [0.2, 0.25) is 0 Å². The Labute approximate surface area is 127 Å². The SMILES string of the molecule is C[C@]1(CCc2ccccc2)NC(=O)N(NC(=O)CCl)C1=O. The Bertz CT molecular complexity index is 564. The first-order valence-electron chi connectivity index (χ1n) is 6.52. The molecule has 0 bridgehead atoms. The van der Waals surface area contributed by atoms with Crippen molar-refractivity contribution in [1.29, 1.82) is 0 Å². The van der Waals surface area contributed by atoms with Gasteiger partial charge in [-0.3, -0.25) is 15.0 Å². The van der Waals surface area contributed by atoms with Gasteiger partial charge in [-0.25, -0.2) is 4.79 Å². The van der Waals surface area contributed by atoms with Crippen molar-refractivity contribution >= 4 is 29.4 Å². The number of imide groups is 1. The molecule has 2 rings (SSSR count). The third-order valence-corrected chi connectivity index (χ3v) is 3.62. The normalized spacial score (nSPS) is 21.3. The highest BCUT2D eigenvalue weighted by molar-refractivity contribution is 6.27. The van der Waals surface area contributed by atoms with Crippen LogP contribution in [0, 0.1) is 0 Å². The summed E-state index contributed by atoms with van der Waals surface area (Å²) in [5, 5.41) is 3.30. The number of hydrazine groups is 1. The van der Waals surface area contributed by atoms with Gasteiger partial charge >= 0.3 is 6.03 Å². The lowest BCUT2D eigenvalue weighted by Gasteiger charge is -2.21. The van der Waals surface area contributed by atoms with E-state index in [1.54, 1.807) is 6.92 Å².